The summed E-state index contributed by atoms with van der Waals surface area (Å²) in [6.45, 7) is 6.47. The number of benzene rings is 2. The Morgan fingerprint density at radius 3 is 2.74 bits per heavy atom. The molecular formula is C30H26F2N4O2. The van der Waals surface area contributed by atoms with Gasteiger partial charge >= 0.3 is 0 Å². The Balaban J connectivity index is 1.58. The lowest BCUT2D eigenvalue weighted by molar-refractivity contribution is 0.155. The molecule has 0 aliphatic carbocycles. The Morgan fingerprint density at radius 1 is 1.13 bits per heavy atom. The van der Waals surface area contributed by atoms with Gasteiger partial charge in [-0.05, 0) is 62.8 Å². The minimum Gasteiger partial charge on any atom is -0.508 e. The zero-order chi connectivity index (χ0) is 26.5. The van der Waals surface area contributed by atoms with Gasteiger partial charge in [0.25, 0.3) is 0 Å². The number of terminal acetylenes is 1. The van der Waals surface area contributed by atoms with E-state index in [0.29, 0.717) is 44.7 Å². The Kier molecular flexibility index (Phi) is 4.89. The molecule has 2 saturated heterocycles. The number of fused-ring (bicyclic) bond motifs is 6. The molecule has 2 aromatic carbocycles. The zero-order valence-corrected chi connectivity index (χ0v) is 21.3. The number of hydrogen-bond donors (Lipinski definition) is 2. The molecule has 3 aliphatic rings. The second-order valence-electron chi connectivity index (χ2n) is 10.6. The number of anilines is 1. The summed E-state index contributed by atoms with van der Waals surface area (Å²) >= 11 is 0. The molecule has 2 bridgehead atoms. The van der Waals surface area contributed by atoms with Gasteiger partial charge in [-0.1, -0.05) is 12.0 Å². The minimum atomic E-state index is -0.603. The molecule has 0 radical (unpaired) electrons. The predicted octanol–water partition coefficient (Wildman–Crippen LogP) is 5.12. The average Bonchev–Trinajstić information content (AvgIpc) is 3.21. The number of aromatic hydroxyl groups is 1. The van der Waals surface area contributed by atoms with Crippen molar-refractivity contribution in [1.82, 2.24) is 15.3 Å². The fraction of sp³-hybridized carbons (Fsp3) is 0.333. The second-order valence-corrected chi connectivity index (χ2v) is 10.6. The maximum atomic E-state index is 16.7. The average molecular weight is 513 g/mol. The topological polar surface area (TPSA) is 70.5 Å². The fourth-order valence-electron chi connectivity index (χ4n) is 6.70. The summed E-state index contributed by atoms with van der Waals surface area (Å²) in [5, 5.41) is 15.9. The summed E-state index contributed by atoms with van der Waals surface area (Å²) in [6, 6.07) is 6.20. The summed E-state index contributed by atoms with van der Waals surface area (Å²) in [5.74, 6) is 2.06. The second kappa shape index (κ2) is 8.02. The number of piperazine rings is 1. The van der Waals surface area contributed by atoms with Gasteiger partial charge in [0.2, 0.25) is 5.88 Å². The van der Waals surface area contributed by atoms with E-state index in [2.05, 4.69) is 16.1 Å². The number of aromatic nitrogens is 2. The van der Waals surface area contributed by atoms with Gasteiger partial charge in [0.15, 0.2) is 5.82 Å². The van der Waals surface area contributed by atoms with Crippen LogP contribution in [0.5, 0.6) is 11.6 Å². The van der Waals surface area contributed by atoms with Gasteiger partial charge in [-0.25, -0.2) is 18.7 Å². The van der Waals surface area contributed by atoms with Crippen molar-refractivity contribution in [3.8, 4) is 35.2 Å². The smallest absolute Gasteiger partial charge is 0.226 e. The van der Waals surface area contributed by atoms with Crippen LogP contribution in [-0.2, 0) is 0 Å². The van der Waals surface area contributed by atoms with Gasteiger partial charge in [-0.15, -0.1) is 6.42 Å². The van der Waals surface area contributed by atoms with E-state index in [-0.39, 0.29) is 46.6 Å². The number of pyridine rings is 2. The molecule has 0 amide bonds. The Hall–Kier alpha value is -3.96. The molecule has 6 nitrogen and oxygen atoms in total. The lowest BCUT2D eigenvalue weighted by Crippen LogP contribution is -2.62. The lowest BCUT2D eigenvalue weighted by atomic mass is 9.94. The summed E-state index contributed by atoms with van der Waals surface area (Å²) in [6.07, 6.45) is 7.54. The van der Waals surface area contributed by atoms with E-state index in [1.807, 2.05) is 20.8 Å². The molecule has 2 aromatic heterocycles. The van der Waals surface area contributed by atoms with E-state index < -0.39 is 11.6 Å². The SMILES string of the molecule is C#Cc1c(F)ccc2cc(O)cc(-c3nc4c5c(nc(C)c(C)c5c3F)N3C[C@H]5CC[C@H](N5)[C@H]3[C@H](C)O4)c12. The highest BCUT2D eigenvalue weighted by Gasteiger charge is 2.47. The maximum Gasteiger partial charge on any atom is 0.226 e. The van der Waals surface area contributed by atoms with E-state index in [1.165, 1.54) is 24.3 Å². The lowest BCUT2D eigenvalue weighted by Gasteiger charge is -2.43. The molecule has 0 spiro atoms. The monoisotopic (exact) mass is 512 g/mol. The van der Waals surface area contributed by atoms with Crippen molar-refractivity contribution in [3.63, 3.8) is 0 Å². The first-order valence-corrected chi connectivity index (χ1v) is 12.9. The highest BCUT2D eigenvalue weighted by Crippen LogP contribution is 2.46. The largest absolute Gasteiger partial charge is 0.508 e. The van der Waals surface area contributed by atoms with Gasteiger partial charge < -0.3 is 20.1 Å². The van der Waals surface area contributed by atoms with Gasteiger partial charge in [0, 0.05) is 40.7 Å². The minimum absolute atomic E-state index is 0.0102. The van der Waals surface area contributed by atoms with E-state index in [4.69, 9.17) is 21.1 Å². The molecule has 2 N–H and O–H groups in total. The van der Waals surface area contributed by atoms with Gasteiger partial charge in [0.1, 0.15) is 29.2 Å². The number of nitrogens with one attached hydrogen (secondary N) is 1. The Morgan fingerprint density at radius 2 is 1.95 bits per heavy atom. The third-order valence-electron chi connectivity index (χ3n) is 8.49. The molecule has 3 aliphatic heterocycles. The molecule has 7 rings (SSSR count). The summed E-state index contributed by atoms with van der Waals surface area (Å²) in [5.41, 5.74) is 1.53. The molecule has 0 unspecified atom stereocenters. The number of rotatable bonds is 1. The van der Waals surface area contributed by atoms with Crippen molar-refractivity contribution in [2.45, 2.75) is 57.8 Å². The number of aryl methyl sites for hydroxylation is 2. The van der Waals surface area contributed by atoms with E-state index >= 15 is 4.39 Å². The van der Waals surface area contributed by atoms with E-state index in [9.17, 15) is 9.50 Å². The third-order valence-corrected chi connectivity index (χ3v) is 8.49. The Bertz CT molecular complexity index is 1730. The van der Waals surface area contributed by atoms with E-state index in [1.54, 1.807) is 0 Å². The van der Waals surface area contributed by atoms with Crippen LogP contribution in [0, 0.1) is 37.8 Å². The van der Waals surface area contributed by atoms with Crippen LogP contribution < -0.4 is 15.0 Å². The molecule has 8 heteroatoms. The third kappa shape index (κ3) is 3.08. The van der Waals surface area contributed by atoms with Crippen molar-refractivity contribution in [3.05, 3.63) is 52.7 Å². The van der Waals surface area contributed by atoms with Crippen molar-refractivity contribution < 1.29 is 18.6 Å². The van der Waals surface area contributed by atoms with Crippen LogP contribution in [0.15, 0.2) is 24.3 Å². The number of ether oxygens (including phenoxy) is 1. The molecule has 4 aromatic rings. The molecule has 0 saturated carbocycles. The molecule has 2 fully saturated rings. The zero-order valence-electron chi connectivity index (χ0n) is 21.3. The predicted molar refractivity (Wildman–Crippen MR) is 143 cm³/mol. The first-order chi connectivity index (χ1) is 18.3. The highest BCUT2D eigenvalue weighted by molar-refractivity contribution is 6.06. The van der Waals surface area contributed by atoms with Crippen molar-refractivity contribution >= 4 is 27.4 Å². The van der Waals surface area contributed by atoms with Crippen molar-refractivity contribution in [2.75, 3.05) is 11.4 Å². The van der Waals surface area contributed by atoms with Gasteiger partial charge in [0.05, 0.1) is 17.0 Å². The van der Waals surface area contributed by atoms with Crippen molar-refractivity contribution in [2.24, 2.45) is 0 Å². The number of phenols is 1. The first kappa shape index (κ1) is 23.2. The van der Waals surface area contributed by atoms with Crippen LogP contribution in [0.2, 0.25) is 0 Å². The number of halogens is 2. The summed E-state index contributed by atoms with van der Waals surface area (Å²) in [4.78, 5) is 11.9. The van der Waals surface area contributed by atoms with Crippen LogP contribution >= 0.6 is 0 Å². The van der Waals surface area contributed by atoms with E-state index in [0.717, 1.165) is 19.4 Å². The normalized spacial score (nSPS) is 23.7. The van der Waals surface area contributed by atoms with Crippen LogP contribution in [0.3, 0.4) is 0 Å². The molecule has 5 heterocycles. The molecule has 192 valence electrons. The van der Waals surface area contributed by atoms with Crippen molar-refractivity contribution in [1.29, 1.82) is 0 Å². The number of phenolic OH excluding ortho intramolecular Hbond substituents is 1. The van der Waals surface area contributed by atoms with Gasteiger partial charge in [-0.3, -0.25) is 0 Å². The maximum absolute atomic E-state index is 16.7. The molecular weight excluding hydrogens is 486 g/mol. The highest BCUT2D eigenvalue weighted by atomic mass is 19.1. The summed E-state index contributed by atoms with van der Waals surface area (Å²) in [7, 11) is 0. The van der Waals surface area contributed by atoms with Crippen LogP contribution in [-0.4, -0.2) is 45.8 Å². The molecule has 4 atom stereocenters. The fourth-order valence-corrected chi connectivity index (χ4v) is 6.70. The summed E-state index contributed by atoms with van der Waals surface area (Å²) < 4.78 is 38.0. The number of hydrogen-bond acceptors (Lipinski definition) is 6. The quantitative estimate of drug-likeness (QED) is 0.345. The van der Waals surface area contributed by atoms with Gasteiger partial charge in [-0.2, -0.15) is 0 Å². The first-order valence-electron chi connectivity index (χ1n) is 12.9. The van der Waals surface area contributed by atoms with Crippen LogP contribution in [0.1, 0.15) is 36.6 Å². The van der Waals surface area contributed by atoms with Crippen LogP contribution in [0.4, 0.5) is 14.6 Å². The molecule has 38 heavy (non-hydrogen) atoms. The number of nitrogens with zero attached hydrogens (tertiary/aromatic N) is 3. The van der Waals surface area contributed by atoms with Crippen LogP contribution in [0.25, 0.3) is 32.8 Å². The standard InChI is InChI=1S/C30H26F2N4O2/c1-5-19-21(31)8-6-16-10-18(37)11-20(24(16)19)27-26(32)23-13(2)14(3)33-29-25(23)30(35-27)38-15(4)28-22-9-7-17(34-22)12-36(28)29/h1,6,8,10-11,15,17,22,28,34,37H,7,9,12H2,2-4H3/t15-,17+,22-,28+/m0/s1. The Labute approximate surface area is 218 Å².